The number of fused-ring (bicyclic) bond motifs is 2. The minimum atomic E-state index is -0.304. The first-order valence-corrected chi connectivity index (χ1v) is 6.72. The monoisotopic (exact) mass is 244 g/mol. The van der Waals surface area contributed by atoms with Crippen molar-refractivity contribution in [2.45, 2.75) is 51.0 Å². The largest absolute Gasteiger partial charge is 0.328 e. The Kier molecular flexibility index (Phi) is 2.49. The van der Waals surface area contributed by atoms with Crippen LogP contribution < -0.4 is 11.1 Å². The summed E-state index contributed by atoms with van der Waals surface area (Å²) in [7, 11) is 0. The van der Waals surface area contributed by atoms with Gasteiger partial charge in [-0.15, -0.1) is 0 Å². The number of aryl methyl sites for hydroxylation is 2. The van der Waals surface area contributed by atoms with Crippen LogP contribution >= 0.6 is 0 Å². The molecule has 0 radical (unpaired) electrons. The van der Waals surface area contributed by atoms with Gasteiger partial charge in [0.15, 0.2) is 0 Å². The maximum Gasteiger partial charge on any atom is 0.235 e. The van der Waals surface area contributed by atoms with Crippen LogP contribution in [0.3, 0.4) is 0 Å². The molecule has 1 aliphatic carbocycles. The topological polar surface area (TPSA) is 55.1 Å². The minimum Gasteiger partial charge on any atom is -0.328 e. The van der Waals surface area contributed by atoms with E-state index in [9.17, 15) is 4.79 Å². The standard InChI is InChI=1S/C15H20N2O/c1-9-3-4-10(2)13-12(9)15(14(18)17-13)7-5-11(16)6-8-15/h3-4,11H,5-8,16H2,1-2H3,(H,17,18). The van der Waals surface area contributed by atoms with Crippen LogP contribution in [0.1, 0.15) is 42.4 Å². The van der Waals surface area contributed by atoms with E-state index in [-0.39, 0.29) is 17.4 Å². The SMILES string of the molecule is Cc1ccc(C)c2c1NC(=O)C21CCC(N)CC1. The van der Waals surface area contributed by atoms with Gasteiger partial charge in [0.05, 0.1) is 5.41 Å². The van der Waals surface area contributed by atoms with Crippen molar-refractivity contribution in [3.05, 3.63) is 28.8 Å². The molecule has 0 saturated heterocycles. The van der Waals surface area contributed by atoms with Crippen molar-refractivity contribution in [1.29, 1.82) is 0 Å². The summed E-state index contributed by atoms with van der Waals surface area (Å²) < 4.78 is 0. The summed E-state index contributed by atoms with van der Waals surface area (Å²) in [4.78, 5) is 12.5. The average Bonchev–Trinajstić information content (AvgIpc) is 2.63. The second-order valence-electron chi connectivity index (χ2n) is 5.82. The highest BCUT2D eigenvalue weighted by Crippen LogP contribution is 2.49. The first-order chi connectivity index (χ1) is 8.54. The average molecular weight is 244 g/mol. The number of rotatable bonds is 0. The van der Waals surface area contributed by atoms with E-state index in [4.69, 9.17) is 5.73 Å². The van der Waals surface area contributed by atoms with E-state index in [1.807, 2.05) is 0 Å². The Labute approximate surface area is 108 Å². The molecule has 1 saturated carbocycles. The molecular weight excluding hydrogens is 224 g/mol. The molecule has 18 heavy (non-hydrogen) atoms. The predicted octanol–water partition coefficient (Wildman–Crippen LogP) is 2.39. The second-order valence-corrected chi connectivity index (χ2v) is 5.82. The van der Waals surface area contributed by atoms with Crippen LogP contribution in [0.4, 0.5) is 5.69 Å². The number of amides is 1. The summed E-state index contributed by atoms with van der Waals surface area (Å²) in [6.45, 7) is 4.17. The summed E-state index contributed by atoms with van der Waals surface area (Å²) in [6, 6.07) is 4.48. The van der Waals surface area contributed by atoms with Crippen LogP contribution in [0, 0.1) is 13.8 Å². The minimum absolute atomic E-state index is 0.182. The Hall–Kier alpha value is -1.35. The van der Waals surface area contributed by atoms with Crippen LogP contribution in [0.15, 0.2) is 12.1 Å². The van der Waals surface area contributed by atoms with Crippen molar-refractivity contribution in [1.82, 2.24) is 0 Å². The van der Waals surface area contributed by atoms with E-state index in [1.165, 1.54) is 11.1 Å². The van der Waals surface area contributed by atoms with Gasteiger partial charge in [-0.3, -0.25) is 4.79 Å². The molecule has 0 aromatic heterocycles. The first kappa shape index (κ1) is 11.7. The fraction of sp³-hybridized carbons (Fsp3) is 0.533. The van der Waals surface area contributed by atoms with Gasteiger partial charge in [-0.05, 0) is 56.2 Å². The second kappa shape index (κ2) is 3.82. The number of anilines is 1. The lowest BCUT2D eigenvalue weighted by Gasteiger charge is -2.35. The summed E-state index contributed by atoms with van der Waals surface area (Å²) >= 11 is 0. The summed E-state index contributed by atoms with van der Waals surface area (Å²) in [5.41, 5.74) is 10.4. The molecule has 0 bridgehead atoms. The van der Waals surface area contributed by atoms with Gasteiger partial charge in [0, 0.05) is 11.7 Å². The van der Waals surface area contributed by atoms with Crippen LogP contribution in [0.5, 0.6) is 0 Å². The molecule has 3 nitrogen and oxygen atoms in total. The van der Waals surface area contributed by atoms with Crippen LogP contribution in [-0.4, -0.2) is 11.9 Å². The zero-order chi connectivity index (χ0) is 12.9. The number of hydrogen-bond donors (Lipinski definition) is 2. The molecule has 3 rings (SSSR count). The van der Waals surface area contributed by atoms with Crippen molar-refractivity contribution in [2.75, 3.05) is 5.32 Å². The van der Waals surface area contributed by atoms with E-state index in [0.717, 1.165) is 36.9 Å². The summed E-state index contributed by atoms with van der Waals surface area (Å²) in [5.74, 6) is 0.182. The highest BCUT2D eigenvalue weighted by atomic mass is 16.2. The number of carbonyl (C=O) groups excluding carboxylic acids is 1. The Bertz CT molecular complexity index is 513. The highest BCUT2D eigenvalue weighted by Gasteiger charge is 2.49. The lowest BCUT2D eigenvalue weighted by Crippen LogP contribution is -2.42. The third kappa shape index (κ3) is 1.43. The smallest absolute Gasteiger partial charge is 0.235 e. The number of carbonyl (C=O) groups is 1. The normalized spacial score (nSPS) is 30.4. The Morgan fingerprint density at radius 2 is 1.83 bits per heavy atom. The Morgan fingerprint density at radius 3 is 2.50 bits per heavy atom. The fourth-order valence-corrected chi connectivity index (χ4v) is 3.55. The summed E-state index contributed by atoms with van der Waals surface area (Å²) in [5, 5.41) is 3.10. The van der Waals surface area contributed by atoms with Crippen LogP contribution in [0.25, 0.3) is 0 Å². The molecule has 1 fully saturated rings. The third-order valence-electron chi connectivity index (χ3n) is 4.66. The van der Waals surface area contributed by atoms with Crippen LogP contribution in [0.2, 0.25) is 0 Å². The molecule has 1 spiro atoms. The quantitative estimate of drug-likeness (QED) is 0.736. The van der Waals surface area contributed by atoms with Gasteiger partial charge in [0.1, 0.15) is 0 Å². The zero-order valence-corrected chi connectivity index (χ0v) is 11.0. The Morgan fingerprint density at radius 1 is 1.22 bits per heavy atom. The van der Waals surface area contributed by atoms with Gasteiger partial charge in [-0.1, -0.05) is 12.1 Å². The molecule has 1 amide bonds. The van der Waals surface area contributed by atoms with Gasteiger partial charge in [-0.25, -0.2) is 0 Å². The first-order valence-electron chi connectivity index (χ1n) is 6.72. The maximum atomic E-state index is 12.5. The zero-order valence-electron chi connectivity index (χ0n) is 11.0. The van der Waals surface area contributed by atoms with E-state index in [2.05, 4.69) is 31.3 Å². The van der Waals surface area contributed by atoms with Gasteiger partial charge in [0.2, 0.25) is 5.91 Å². The van der Waals surface area contributed by atoms with E-state index in [0.29, 0.717) is 0 Å². The molecule has 3 heteroatoms. The number of nitrogens with one attached hydrogen (secondary N) is 1. The number of benzene rings is 1. The lowest BCUT2D eigenvalue weighted by atomic mass is 9.68. The molecule has 1 aromatic carbocycles. The van der Waals surface area contributed by atoms with Gasteiger partial charge >= 0.3 is 0 Å². The van der Waals surface area contributed by atoms with Gasteiger partial charge in [-0.2, -0.15) is 0 Å². The lowest BCUT2D eigenvalue weighted by molar-refractivity contribution is -0.122. The van der Waals surface area contributed by atoms with Gasteiger partial charge < -0.3 is 11.1 Å². The number of hydrogen-bond acceptors (Lipinski definition) is 2. The third-order valence-corrected chi connectivity index (χ3v) is 4.66. The molecular formula is C15H20N2O. The fourth-order valence-electron chi connectivity index (χ4n) is 3.55. The van der Waals surface area contributed by atoms with E-state index >= 15 is 0 Å². The maximum absolute atomic E-state index is 12.5. The molecule has 2 aliphatic rings. The molecule has 3 N–H and O–H groups in total. The molecule has 1 aromatic rings. The van der Waals surface area contributed by atoms with Crippen molar-refractivity contribution in [3.8, 4) is 0 Å². The molecule has 0 atom stereocenters. The van der Waals surface area contributed by atoms with Gasteiger partial charge in [0.25, 0.3) is 0 Å². The highest BCUT2D eigenvalue weighted by molar-refractivity contribution is 6.07. The molecule has 1 heterocycles. The molecule has 0 unspecified atom stereocenters. The summed E-state index contributed by atoms with van der Waals surface area (Å²) in [6.07, 6.45) is 3.66. The van der Waals surface area contributed by atoms with Crippen LogP contribution in [-0.2, 0) is 10.2 Å². The van der Waals surface area contributed by atoms with Crippen molar-refractivity contribution in [3.63, 3.8) is 0 Å². The van der Waals surface area contributed by atoms with Crippen molar-refractivity contribution >= 4 is 11.6 Å². The molecule has 96 valence electrons. The van der Waals surface area contributed by atoms with Crippen molar-refractivity contribution < 1.29 is 4.79 Å². The van der Waals surface area contributed by atoms with Crippen molar-refractivity contribution in [2.24, 2.45) is 5.73 Å². The predicted molar refractivity (Wildman–Crippen MR) is 72.7 cm³/mol. The Balaban J connectivity index is 2.14. The molecule has 1 aliphatic heterocycles. The number of nitrogens with two attached hydrogens (primary N) is 1. The van der Waals surface area contributed by atoms with E-state index in [1.54, 1.807) is 0 Å². The van der Waals surface area contributed by atoms with E-state index < -0.39 is 0 Å².